The molecular weight excluding hydrogens is 330 g/mol. The lowest BCUT2D eigenvalue weighted by molar-refractivity contribution is 0.350. The third-order valence-electron chi connectivity index (χ3n) is 3.36. The van der Waals surface area contributed by atoms with E-state index in [4.69, 9.17) is 16.7 Å². The Kier molecular flexibility index (Phi) is 5.23. The van der Waals surface area contributed by atoms with Crippen LogP contribution in [0.2, 0.25) is 5.02 Å². The number of thioether (sulfide) groups is 1. The Morgan fingerprint density at radius 2 is 2.19 bits per heavy atom. The van der Waals surface area contributed by atoms with Crippen molar-refractivity contribution in [1.29, 1.82) is 0 Å². The first-order valence-electron chi connectivity index (χ1n) is 6.36. The van der Waals surface area contributed by atoms with Gasteiger partial charge in [0.2, 0.25) is 10.0 Å². The predicted octanol–water partition coefficient (Wildman–Crippen LogP) is 1.86. The Morgan fingerprint density at radius 1 is 1.48 bits per heavy atom. The van der Waals surface area contributed by atoms with Crippen molar-refractivity contribution in [2.24, 2.45) is 0 Å². The molecule has 1 aromatic carbocycles. The number of sulfonamides is 1. The molecule has 1 aromatic rings. The smallest absolute Gasteiger partial charge is 0.242 e. The van der Waals surface area contributed by atoms with Crippen molar-refractivity contribution in [3.8, 4) is 11.8 Å². The molecule has 114 valence electrons. The largest absolute Gasteiger partial charge is 0.384 e. The quantitative estimate of drug-likeness (QED) is 0.799. The van der Waals surface area contributed by atoms with Crippen molar-refractivity contribution in [1.82, 2.24) is 4.72 Å². The van der Waals surface area contributed by atoms with Crippen molar-refractivity contribution in [3.05, 3.63) is 28.8 Å². The maximum absolute atomic E-state index is 12.3. The standard InChI is InChI=1S/C14H16ClNO3S2/c1-20-14(6-7-14)10-16-21(18,19)13-5-4-11(3-2-8-17)9-12(13)15/h4-5,9,16-17H,6-8,10H2,1H3. The van der Waals surface area contributed by atoms with Gasteiger partial charge in [0, 0.05) is 16.9 Å². The van der Waals surface area contributed by atoms with Gasteiger partial charge in [0.15, 0.2) is 0 Å². The molecule has 0 heterocycles. The number of aliphatic hydroxyl groups excluding tert-OH is 1. The Labute approximate surface area is 134 Å². The zero-order chi connectivity index (χ0) is 15.5. The van der Waals surface area contributed by atoms with Gasteiger partial charge in [-0.15, -0.1) is 0 Å². The zero-order valence-corrected chi connectivity index (χ0v) is 13.9. The minimum absolute atomic E-state index is 0.0477. The molecule has 1 aliphatic carbocycles. The van der Waals surface area contributed by atoms with Crippen LogP contribution in [0.1, 0.15) is 18.4 Å². The average molecular weight is 346 g/mol. The van der Waals surface area contributed by atoms with Gasteiger partial charge >= 0.3 is 0 Å². The van der Waals surface area contributed by atoms with E-state index in [0.29, 0.717) is 12.1 Å². The van der Waals surface area contributed by atoms with E-state index in [2.05, 4.69) is 16.6 Å². The highest BCUT2D eigenvalue weighted by Gasteiger charge is 2.42. The second-order valence-corrected chi connectivity index (χ2v) is 8.23. The van der Waals surface area contributed by atoms with Crippen LogP contribution in [-0.2, 0) is 10.0 Å². The van der Waals surface area contributed by atoms with Crippen LogP contribution >= 0.6 is 23.4 Å². The molecule has 0 radical (unpaired) electrons. The highest BCUT2D eigenvalue weighted by molar-refractivity contribution is 8.00. The zero-order valence-electron chi connectivity index (χ0n) is 11.5. The van der Waals surface area contributed by atoms with Crippen LogP contribution in [-0.4, -0.2) is 37.7 Å². The summed E-state index contributed by atoms with van der Waals surface area (Å²) in [5.41, 5.74) is 0.566. The van der Waals surface area contributed by atoms with E-state index < -0.39 is 10.0 Å². The first kappa shape index (κ1) is 16.7. The SMILES string of the molecule is CSC1(CNS(=O)(=O)c2ccc(C#CCO)cc2Cl)CC1. The molecule has 2 N–H and O–H groups in total. The number of aliphatic hydroxyl groups is 1. The summed E-state index contributed by atoms with van der Waals surface area (Å²) in [5, 5.41) is 8.77. The van der Waals surface area contributed by atoms with Crippen LogP contribution in [0.3, 0.4) is 0 Å². The summed E-state index contributed by atoms with van der Waals surface area (Å²) in [6, 6.07) is 4.50. The van der Waals surface area contributed by atoms with Gasteiger partial charge in [-0.25, -0.2) is 13.1 Å². The molecule has 1 saturated carbocycles. The van der Waals surface area contributed by atoms with Crippen molar-refractivity contribution >= 4 is 33.4 Å². The number of halogens is 1. The molecule has 1 aliphatic rings. The Morgan fingerprint density at radius 3 is 2.71 bits per heavy atom. The van der Waals surface area contributed by atoms with Crippen molar-refractivity contribution in [2.75, 3.05) is 19.4 Å². The molecule has 0 saturated heterocycles. The summed E-state index contributed by atoms with van der Waals surface area (Å²) in [5.74, 6) is 5.18. The van der Waals surface area contributed by atoms with Crippen LogP contribution in [0.15, 0.2) is 23.1 Å². The third kappa shape index (κ3) is 4.15. The molecule has 21 heavy (non-hydrogen) atoms. The van der Waals surface area contributed by atoms with Gasteiger partial charge < -0.3 is 5.11 Å². The fourth-order valence-electron chi connectivity index (χ4n) is 1.83. The molecule has 0 atom stereocenters. The number of rotatable bonds is 5. The Hall–Kier alpha value is -0.710. The highest BCUT2D eigenvalue weighted by Crippen LogP contribution is 2.46. The van der Waals surface area contributed by atoms with Crippen molar-refractivity contribution in [2.45, 2.75) is 22.5 Å². The fourth-order valence-corrected chi connectivity index (χ4v) is 4.32. The number of hydrogen-bond donors (Lipinski definition) is 2. The lowest BCUT2D eigenvalue weighted by Crippen LogP contribution is -2.31. The van der Waals surface area contributed by atoms with E-state index in [0.717, 1.165) is 12.8 Å². The average Bonchev–Trinajstić information content (AvgIpc) is 3.23. The normalized spacial score (nSPS) is 16.1. The van der Waals surface area contributed by atoms with Gasteiger partial charge in [0.1, 0.15) is 11.5 Å². The molecule has 0 bridgehead atoms. The molecule has 4 nitrogen and oxygen atoms in total. The summed E-state index contributed by atoms with van der Waals surface area (Å²) < 4.78 is 27.2. The van der Waals surface area contributed by atoms with Crippen molar-refractivity contribution < 1.29 is 13.5 Å². The van der Waals surface area contributed by atoms with Gasteiger partial charge in [-0.2, -0.15) is 11.8 Å². The summed E-state index contributed by atoms with van der Waals surface area (Å²) in [4.78, 5) is 0.0515. The monoisotopic (exact) mass is 345 g/mol. The van der Waals surface area contributed by atoms with E-state index in [9.17, 15) is 8.42 Å². The molecule has 7 heteroatoms. The van der Waals surface area contributed by atoms with Crippen LogP contribution in [0.4, 0.5) is 0 Å². The van der Waals surface area contributed by atoms with E-state index in [-0.39, 0.29) is 21.3 Å². The fraction of sp³-hybridized carbons (Fsp3) is 0.429. The van der Waals surface area contributed by atoms with E-state index in [1.807, 2.05) is 6.26 Å². The van der Waals surface area contributed by atoms with Crippen LogP contribution in [0.5, 0.6) is 0 Å². The second-order valence-electron chi connectivity index (χ2n) is 4.82. The van der Waals surface area contributed by atoms with E-state index in [1.165, 1.54) is 12.1 Å². The topological polar surface area (TPSA) is 66.4 Å². The molecule has 0 unspecified atom stereocenters. The van der Waals surface area contributed by atoms with Crippen LogP contribution in [0, 0.1) is 11.8 Å². The number of nitrogens with one attached hydrogen (secondary N) is 1. The maximum Gasteiger partial charge on any atom is 0.242 e. The summed E-state index contributed by atoms with van der Waals surface area (Å²) in [6.07, 6.45) is 4.04. The van der Waals surface area contributed by atoms with Gasteiger partial charge in [0.05, 0.1) is 5.02 Å². The Bertz CT molecular complexity index is 688. The molecule has 2 rings (SSSR count). The van der Waals surface area contributed by atoms with Gasteiger partial charge in [-0.1, -0.05) is 23.4 Å². The van der Waals surface area contributed by atoms with Gasteiger partial charge in [0.25, 0.3) is 0 Å². The first-order chi connectivity index (χ1) is 9.92. The highest BCUT2D eigenvalue weighted by atomic mass is 35.5. The van der Waals surface area contributed by atoms with E-state index in [1.54, 1.807) is 17.8 Å². The minimum Gasteiger partial charge on any atom is -0.384 e. The predicted molar refractivity (Wildman–Crippen MR) is 86.1 cm³/mol. The Balaban J connectivity index is 2.16. The number of hydrogen-bond acceptors (Lipinski definition) is 4. The number of benzene rings is 1. The van der Waals surface area contributed by atoms with E-state index >= 15 is 0 Å². The molecule has 0 aliphatic heterocycles. The molecule has 0 aromatic heterocycles. The summed E-state index contributed by atoms with van der Waals surface area (Å²) in [6.45, 7) is 0.162. The van der Waals surface area contributed by atoms with Crippen LogP contribution < -0.4 is 4.72 Å². The lowest BCUT2D eigenvalue weighted by Gasteiger charge is -2.14. The third-order valence-corrected chi connectivity index (χ3v) is 6.66. The second kappa shape index (κ2) is 6.59. The van der Waals surface area contributed by atoms with Gasteiger partial charge in [-0.05, 0) is 37.3 Å². The maximum atomic E-state index is 12.3. The molecule has 0 amide bonds. The van der Waals surface area contributed by atoms with Crippen LogP contribution in [0.25, 0.3) is 0 Å². The van der Waals surface area contributed by atoms with Crippen molar-refractivity contribution in [3.63, 3.8) is 0 Å². The summed E-state index contributed by atoms with van der Waals surface area (Å²) in [7, 11) is -3.62. The lowest BCUT2D eigenvalue weighted by atomic mass is 10.2. The minimum atomic E-state index is -3.62. The molecular formula is C14H16ClNO3S2. The molecule has 0 spiro atoms. The molecule has 1 fully saturated rings. The van der Waals surface area contributed by atoms with Gasteiger partial charge in [-0.3, -0.25) is 0 Å². The first-order valence-corrected chi connectivity index (χ1v) is 9.45. The summed E-state index contributed by atoms with van der Waals surface area (Å²) >= 11 is 7.73.